The lowest BCUT2D eigenvalue weighted by molar-refractivity contribution is 0.241. The van der Waals surface area contributed by atoms with Crippen LogP contribution in [-0.2, 0) is 5.41 Å². The molecule has 0 N–H and O–H groups in total. The molecule has 5 nitrogen and oxygen atoms in total. The van der Waals surface area contributed by atoms with Crippen molar-refractivity contribution in [3.63, 3.8) is 0 Å². The van der Waals surface area contributed by atoms with E-state index in [1.54, 1.807) is 12.1 Å². The van der Waals surface area contributed by atoms with E-state index in [9.17, 15) is 0 Å². The molecule has 0 amide bonds. The molecule has 0 unspecified atom stereocenters. The normalized spacial score (nSPS) is 14.5. The standard InChI is InChI=1S/C30H24Cl4N4O/c1-17(2)25-26(28-35-36-29(39-28)30(14-3-15-30)19-6-10-21(32)11-7-19)37-38(24-13-12-22(33)16-23(24)34)27(25)18-4-8-20(31)9-5-18/h4-13,16-17H,3,14-15H2,1-2H3. The van der Waals surface area contributed by atoms with Crippen molar-refractivity contribution < 1.29 is 4.42 Å². The zero-order valence-electron chi connectivity index (χ0n) is 21.3. The van der Waals surface area contributed by atoms with Gasteiger partial charge in [-0.05, 0) is 66.8 Å². The first-order valence-electron chi connectivity index (χ1n) is 12.7. The Morgan fingerprint density at radius 1 is 0.821 bits per heavy atom. The Bertz CT molecular complexity index is 1650. The molecule has 1 aliphatic carbocycles. The Hall–Kier alpha value is -2.83. The first-order valence-corrected chi connectivity index (χ1v) is 14.2. The third-order valence-electron chi connectivity index (χ3n) is 7.40. The summed E-state index contributed by atoms with van der Waals surface area (Å²) >= 11 is 25.3. The Kier molecular flexibility index (Phi) is 6.96. The molecule has 0 saturated heterocycles. The summed E-state index contributed by atoms with van der Waals surface area (Å²) in [7, 11) is 0. The van der Waals surface area contributed by atoms with Crippen molar-refractivity contribution in [2.24, 2.45) is 0 Å². The van der Waals surface area contributed by atoms with Crippen LogP contribution in [0.15, 0.2) is 71.1 Å². The molecule has 1 saturated carbocycles. The molecule has 0 radical (unpaired) electrons. The zero-order chi connectivity index (χ0) is 27.3. The van der Waals surface area contributed by atoms with E-state index in [1.807, 2.05) is 59.3 Å². The number of benzene rings is 3. The third kappa shape index (κ3) is 4.66. The van der Waals surface area contributed by atoms with Crippen LogP contribution in [0.4, 0.5) is 0 Å². The van der Waals surface area contributed by atoms with Gasteiger partial charge in [-0.1, -0.05) is 90.9 Å². The first kappa shape index (κ1) is 26.4. The van der Waals surface area contributed by atoms with Crippen LogP contribution >= 0.6 is 46.4 Å². The largest absolute Gasteiger partial charge is 0.418 e. The van der Waals surface area contributed by atoms with Crippen molar-refractivity contribution in [3.05, 3.63) is 104 Å². The van der Waals surface area contributed by atoms with Gasteiger partial charge in [0, 0.05) is 26.2 Å². The Balaban J connectivity index is 1.54. The topological polar surface area (TPSA) is 56.7 Å². The summed E-state index contributed by atoms with van der Waals surface area (Å²) < 4.78 is 8.28. The van der Waals surface area contributed by atoms with Crippen LogP contribution in [0.2, 0.25) is 20.1 Å². The number of hydrogen-bond donors (Lipinski definition) is 0. The highest BCUT2D eigenvalue weighted by molar-refractivity contribution is 6.35. The van der Waals surface area contributed by atoms with Crippen molar-refractivity contribution in [2.75, 3.05) is 0 Å². The van der Waals surface area contributed by atoms with Gasteiger partial charge < -0.3 is 4.42 Å². The number of nitrogens with zero attached hydrogens (tertiary/aromatic N) is 4. The molecule has 6 rings (SSSR count). The quantitative estimate of drug-likeness (QED) is 0.195. The van der Waals surface area contributed by atoms with E-state index in [-0.39, 0.29) is 11.3 Å². The van der Waals surface area contributed by atoms with Crippen molar-refractivity contribution in [3.8, 4) is 28.5 Å². The van der Waals surface area contributed by atoms with E-state index >= 15 is 0 Å². The molecule has 0 aliphatic heterocycles. The molecular weight excluding hydrogens is 574 g/mol. The summed E-state index contributed by atoms with van der Waals surface area (Å²) in [6.07, 6.45) is 2.94. The van der Waals surface area contributed by atoms with Gasteiger partial charge >= 0.3 is 0 Å². The molecule has 198 valence electrons. The van der Waals surface area contributed by atoms with Gasteiger partial charge in [0.2, 0.25) is 5.89 Å². The molecule has 1 aliphatic rings. The van der Waals surface area contributed by atoms with Crippen LogP contribution in [0.3, 0.4) is 0 Å². The second-order valence-electron chi connectivity index (χ2n) is 10.1. The summed E-state index contributed by atoms with van der Waals surface area (Å²) in [5.74, 6) is 1.04. The van der Waals surface area contributed by atoms with E-state index in [0.717, 1.165) is 41.6 Å². The summed E-state index contributed by atoms with van der Waals surface area (Å²) in [5.41, 5.74) is 4.88. The van der Waals surface area contributed by atoms with Crippen LogP contribution in [0.25, 0.3) is 28.5 Å². The second-order valence-corrected chi connectivity index (χ2v) is 11.9. The molecule has 0 atom stereocenters. The highest BCUT2D eigenvalue weighted by atomic mass is 35.5. The molecule has 9 heteroatoms. The lowest BCUT2D eigenvalue weighted by atomic mass is 9.64. The molecular formula is C30H24Cl4N4O. The van der Waals surface area contributed by atoms with E-state index in [0.29, 0.717) is 43.3 Å². The average molecular weight is 598 g/mol. The Labute approximate surface area is 246 Å². The maximum Gasteiger partial charge on any atom is 0.268 e. The fourth-order valence-corrected chi connectivity index (χ4v) is 6.03. The van der Waals surface area contributed by atoms with Gasteiger partial charge in [-0.3, -0.25) is 0 Å². The molecule has 0 bridgehead atoms. The fourth-order valence-electron chi connectivity index (χ4n) is 5.29. The van der Waals surface area contributed by atoms with Gasteiger partial charge in [-0.15, -0.1) is 10.2 Å². The molecule has 2 aromatic heterocycles. The van der Waals surface area contributed by atoms with E-state index in [2.05, 4.69) is 24.0 Å². The predicted octanol–water partition coefficient (Wildman–Crippen LogP) is 9.80. The molecule has 5 aromatic rings. The average Bonchev–Trinajstić information content (AvgIpc) is 3.51. The lowest BCUT2D eigenvalue weighted by Crippen LogP contribution is -2.35. The Morgan fingerprint density at radius 3 is 2.05 bits per heavy atom. The predicted molar refractivity (Wildman–Crippen MR) is 157 cm³/mol. The van der Waals surface area contributed by atoms with Crippen molar-refractivity contribution in [2.45, 2.75) is 44.4 Å². The van der Waals surface area contributed by atoms with Gasteiger partial charge in [-0.2, -0.15) is 5.10 Å². The van der Waals surface area contributed by atoms with Gasteiger partial charge in [0.05, 0.1) is 21.8 Å². The van der Waals surface area contributed by atoms with Gasteiger partial charge in [0.1, 0.15) is 0 Å². The van der Waals surface area contributed by atoms with Crippen LogP contribution < -0.4 is 0 Å². The van der Waals surface area contributed by atoms with E-state index < -0.39 is 0 Å². The maximum atomic E-state index is 6.68. The van der Waals surface area contributed by atoms with Crippen molar-refractivity contribution in [1.82, 2.24) is 20.0 Å². The molecule has 1 fully saturated rings. The number of aromatic nitrogens is 4. The van der Waals surface area contributed by atoms with Crippen LogP contribution in [-0.4, -0.2) is 20.0 Å². The van der Waals surface area contributed by atoms with Crippen molar-refractivity contribution >= 4 is 46.4 Å². The minimum absolute atomic E-state index is 0.0785. The Morgan fingerprint density at radius 2 is 1.46 bits per heavy atom. The smallest absolute Gasteiger partial charge is 0.268 e. The molecule has 39 heavy (non-hydrogen) atoms. The van der Waals surface area contributed by atoms with Crippen molar-refractivity contribution in [1.29, 1.82) is 0 Å². The van der Waals surface area contributed by atoms with E-state index in [4.69, 9.17) is 55.9 Å². The van der Waals surface area contributed by atoms with Gasteiger partial charge in [0.25, 0.3) is 5.89 Å². The monoisotopic (exact) mass is 596 g/mol. The minimum atomic E-state index is -0.325. The zero-order valence-corrected chi connectivity index (χ0v) is 24.3. The lowest BCUT2D eigenvalue weighted by Gasteiger charge is -2.39. The second kappa shape index (κ2) is 10.3. The number of hydrogen-bond acceptors (Lipinski definition) is 4. The highest BCUT2D eigenvalue weighted by Crippen LogP contribution is 2.49. The van der Waals surface area contributed by atoms with Crippen LogP contribution in [0.1, 0.15) is 56.0 Å². The molecule has 2 heterocycles. The summed E-state index contributed by atoms with van der Waals surface area (Å²) in [4.78, 5) is 0. The first-order chi connectivity index (χ1) is 18.8. The minimum Gasteiger partial charge on any atom is -0.418 e. The maximum absolute atomic E-state index is 6.68. The van der Waals surface area contributed by atoms with Crippen LogP contribution in [0, 0.1) is 0 Å². The van der Waals surface area contributed by atoms with Gasteiger partial charge in [-0.25, -0.2) is 4.68 Å². The SMILES string of the molecule is CC(C)c1c(-c2nnc(C3(c4ccc(Cl)cc4)CCC3)o2)nn(-c2ccc(Cl)cc2Cl)c1-c1ccc(Cl)cc1. The third-order valence-corrected chi connectivity index (χ3v) is 8.44. The van der Waals surface area contributed by atoms with Gasteiger partial charge in [0.15, 0.2) is 5.69 Å². The highest BCUT2D eigenvalue weighted by Gasteiger charge is 2.45. The fraction of sp³-hybridized carbons (Fsp3) is 0.233. The number of halogens is 4. The summed E-state index contributed by atoms with van der Waals surface area (Å²) in [6, 6.07) is 20.9. The summed E-state index contributed by atoms with van der Waals surface area (Å²) in [5, 5.41) is 16.5. The van der Waals surface area contributed by atoms with E-state index in [1.165, 1.54) is 0 Å². The molecule has 0 spiro atoms. The van der Waals surface area contributed by atoms with Crippen LogP contribution in [0.5, 0.6) is 0 Å². The molecule has 3 aromatic carbocycles. The summed E-state index contributed by atoms with van der Waals surface area (Å²) in [6.45, 7) is 4.23. The number of rotatable bonds is 6.